The molecule has 3 N–H and O–H groups in total. The monoisotopic (exact) mass is 305 g/mol. The van der Waals surface area contributed by atoms with E-state index in [1.165, 1.54) is 6.07 Å². The second-order valence-corrected chi connectivity index (χ2v) is 4.37. The molecule has 2 rings (SSSR count). The molecule has 106 valence electrons. The number of hydrogen-bond donors (Lipinski definition) is 2. The van der Waals surface area contributed by atoms with E-state index in [1.807, 2.05) is 0 Å². The average Bonchev–Trinajstić information content (AvgIpc) is 2.29. The van der Waals surface area contributed by atoms with E-state index in [4.69, 9.17) is 17.3 Å². The molecule has 1 aromatic heterocycles. The highest BCUT2D eigenvalue weighted by Crippen LogP contribution is 2.32. The summed E-state index contributed by atoms with van der Waals surface area (Å²) in [5, 5.41) is 2.68. The predicted molar refractivity (Wildman–Crippen MR) is 68.3 cm³/mol. The number of nitrogens with two attached hydrogens (primary N) is 1. The molecule has 0 saturated carbocycles. The Morgan fingerprint density at radius 3 is 2.45 bits per heavy atom. The Kier molecular flexibility index (Phi) is 3.71. The number of benzene rings is 1. The third-order valence-electron chi connectivity index (χ3n) is 2.37. The molecule has 0 radical (unpaired) electrons. The van der Waals surface area contributed by atoms with Crippen LogP contribution in [0.15, 0.2) is 30.5 Å². The maximum Gasteiger partial charge on any atom is 0.433 e. The van der Waals surface area contributed by atoms with Gasteiger partial charge in [0.15, 0.2) is 0 Å². The quantitative estimate of drug-likeness (QED) is 0.817. The third kappa shape index (κ3) is 3.30. The van der Waals surface area contributed by atoms with Crippen LogP contribution >= 0.6 is 11.6 Å². The first-order chi connectivity index (χ1) is 9.25. The Morgan fingerprint density at radius 2 is 1.85 bits per heavy atom. The van der Waals surface area contributed by atoms with E-state index in [0.717, 1.165) is 24.4 Å². The summed E-state index contributed by atoms with van der Waals surface area (Å²) in [5.74, 6) is -0.622. The normalized spacial score (nSPS) is 11.4. The number of anilines is 3. The van der Waals surface area contributed by atoms with Crippen molar-refractivity contribution in [3.05, 3.63) is 47.0 Å². The molecular formula is C12H8ClF4N3. The summed E-state index contributed by atoms with van der Waals surface area (Å²) in [7, 11) is 0. The first kappa shape index (κ1) is 14.4. The lowest BCUT2D eigenvalue weighted by Crippen LogP contribution is -2.09. The van der Waals surface area contributed by atoms with E-state index in [-0.39, 0.29) is 22.1 Å². The maximum absolute atomic E-state index is 13.2. The van der Waals surface area contributed by atoms with Gasteiger partial charge in [-0.05, 0) is 24.3 Å². The van der Waals surface area contributed by atoms with E-state index in [2.05, 4.69) is 10.3 Å². The number of hydrogen-bond acceptors (Lipinski definition) is 3. The zero-order valence-electron chi connectivity index (χ0n) is 9.80. The van der Waals surface area contributed by atoms with E-state index in [9.17, 15) is 17.6 Å². The second-order valence-electron chi connectivity index (χ2n) is 3.94. The number of halogens is 5. The summed E-state index contributed by atoms with van der Waals surface area (Å²) >= 11 is 5.66. The second kappa shape index (κ2) is 5.16. The predicted octanol–water partition coefficient (Wildman–Crippen LogP) is 4.22. The van der Waals surface area contributed by atoms with Crippen LogP contribution in [-0.4, -0.2) is 4.98 Å². The van der Waals surface area contributed by atoms with Crippen LogP contribution in [-0.2, 0) is 6.18 Å². The van der Waals surface area contributed by atoms with Gasteiger partial charge in [-0.25, -0.2) is 9.37 Å². The van der Waals surface area contributed by atoms with Crippen molar-refractivity contribution in [3.63, 3.8) is 0 Å². The van der Waals surface area contributed by atoms with Gasteiger partial charge in [0.25, 0.3) is 0 Å². The largest absolute Gasteiger partial charge is 0.433 e. The summed E-state index contributed by atoms with van der Waals surface area (Å²) in [6, 6.07) is 4.26. The Labute approximate surface area is 116 Å². The van der Waals surface area contributed by atoms with Crippen LogP contribution in [0.3, 0.4) is 0 Å². The van der Waals surface area contributed by atoms with E-state index in [0.29, 0.717) is 0 Å². The molecule has 0 fully saturated rings. The first-order valence-electron chi connectivity index (χ1n) is 5.31. The number of nitrogens with one attached hydrogen (secondary N) is 1. The molecule has 1 aromatic carbocycles. The minimum Gasteiger partial charge on any atom is -0.396 e. The molecule has 1 heterocycles. The molecule has 0 unspecified atom stereocenters. The van der Waals surface area contributed by atoms with Gasteiger partial charge in [0.1, 0.15) is 11.5 Å². The van der Waals surface area contributed by atoms with Gasteiger partial charge < -0.3 is 11.1 Å². The molecular weight excluding hydrogens is 298 g/mol. The number of aromatic nitrogens is 1. The van der Waals surface area contributed by atoms with Gasteiger partial charge in [0.05, 0.1) is 17.6 Å². The first-order valence-corrected chi connectivity index (χ1v) is 5.69. The summed E-state index contributed by atoms with van der Waals surface area (Å²) < 4.78 is 50.8. The lowest BCUT2D eigenvalue weighted by Gasteiger charge is -2.12. The van der Waals surface area contributed by atoms with E-state index < -0.39 is 17.7 Å². The SMILES string of the molecule is Nc1cnc(C(F)(F)F)cc1Nc1cc(F)cc(Cl)c1. The van der Waals surface area contributed by atoms with E-state index >= 15 is 0 Å². The van der Waals surface area contributed by atoms with Crippen molar-refractivity contribution in [1.82, 2.24) is 4.98 Å². The van der Waals surface area contributed by atoms with Gasteiger partial charge in [-0.2, -0.15) is 13.2 Å². The van der Waals surface area contributed by atoms with Gasteiger partial charge >= 0.3 is 6.18 Å². The van der Waals surface area contributed by atoms with Gasteiger partial charge in [0, 0.05) is 10.7 Å². The summed E-state index contributed by atoms with van der Waals surface area (Å²) in [6.45, 7) is 0. The average molecular weight is 306 g/mol. The van der Waals surface area contributed by atoms with Gasteiger partial charge in [0.2, 0.25) is 0 Å². The van der Waals surface area contributed by atoms with Crippen molar-refractivity contribution in [2.24, 2.45) is 0 Å². The number of nitrogen functional groups attached to an aromatic ring is 1. The van der Waals surface area contributed by atoms with E-state index in [1.54, 1.807) is 0 Å². The topological polar surface area (TPSA) is 50.9 Å². The number of pyridine rings is 1. The highest BCUT2D eigenvalue weighted by Gasteiger charge is 2.32. The molecule has 0 atom stereocenters. The Balaban J connectivity index is 2.37. The molecule has 0 aliphatic heterocycles. The zero-order valence-corrected chi connectivity index (χ0v) is 10.6. The lowest BCUT2D eigenvalue weighted by atomic mass is 10.2. The molecule has 0 aliphatic carbocycles. The molecule has 0 saturated heterocycles. The van der Waals surface area contributed by atoms with Crippen LogP contribution in [0.5, 0.6) is 0 Å². The summed E-state index contributed by atoms with van der Waals surface area (Å²) in [5.41, 5.74) is 4.58. The molecule has 0 bridgehead atoms. The lowest BCUT2D eigenvalue weighted by molar-refractivity contribution is -0.141. The van der Waals surface area contributed by atoms with Crippen molar-refractivity contribution in [1.29, 1.82) is 0 Å². The molecule has 3 nitrogen and oxygen atoms in total. The number of nitrogens with zero attached hydrogens (tertiary/aromatic N) is 1. The van der Waals surface area contributed by atoms with Gasteiger partial charge in [-0.3, -0.25) is 0 Å². The molecule has 2 aromatic rings. The van der Waals surface area contributed by atoms with Crippen LogP contribution in [0.2, 0.25) is 5.02 Å². The highest BCUT2D eigenvalue weighted by molar-refractivity contribution is 6.30. The highest BCUT2D eigenvalue weighted by atomic mass is 35.5. The Hall–Kier alpha value is -2.02. The molecule has 0 amide bonds. The van der Waals surface area contributed by atoms with Crippen molar-refractivity contribution in [2.45, 2.75) is 6.18 Å². The minimum absolute atomic E-state index is 0.00150. The van der Waals surface area contributed by atoms with Crippen LogP contribution in [0, 0.1) is 5.82 Å². The number of rotatable bonds is 2. The fourth-order valence-corrected chi connectivity index (χ4v) is 1.73. The van der Waals surface area contributed by atoms with Gasteiger partial charge in [-0.1, -0.05) is 11.6 Å². The van der Waals surface area contributed by atoms with Crippen molar-refractivity contribution >= 4 is 28.7 Å². The van der Waals surface area contributed by atoms with Gasteiger partial charge in [-0.15, -0.1) is 0 Å². The fourth-order valence-electron chi connectivity index (χ4n) is 1.51. The van der Waals surface area contributed by atoms with Crippen molar-refractivity contribution in [2.75, 3.05) is 11.1 Å². The third-order valence-corrected chi connectivity index (χ3v) is 2.58. The molecule has 0 spiro atoms. The zero-order chi connectivity index (χ0) is 14.9. The molecule has 0 aliphatic rings. The fraction of sp³-hybridized carbons (Fsp3) is 0.0833. The van der Waals surface area contributed by atoms with Crippen molar-refractivity contribution in [3.8, 4) is 0 Å². The smallest absolute Gasteiger partial charge is 0.396 e. The summed E-state index contributed by atoms with van der Waals surface area (Å²) in [6.07, 6.45) is -3.71. The maximum atomic E-state index is 13.2. The summed E-state index contributed by atoms with van der Waals surface area (Å²) in [4.78, 5) is 3.20. The Morgan fingerprint density at radius 1 is 1.15 bits per heavy atom. The van der Waals surface area contributed by atoms with Crippen LogP contribution in [0.4, 0.5) is 34.6 Å². The number of alkyl halides is 3. The Bertz CT molecular complexity index is 623. The molecule has 20 heavy (non-hydrogen) atoms. The standard InChI is InChI=1S/C12H8ClF4N3/c13-6-1-7(14)3-8(2-6)20-10-4-11(12(15,16)17)19-5-9(10)18/h1-5H,18H2,(H,19,20). The van der Waals surface area contributed by atoms with Crippen LogP contribution < -0.4 is 11.1 Å². The minimum atomic E-state index is -4.59. The van der Waals surface area contributed by atoms with Crippen LogP contribution in [0.1, 0.15) is 5.69 Å². The van der Waals surface area contributed by atoms with Crippen LogP contribution in [0.25, 0.3) is 0 Å². The van der Waals surface area contributed by atoms with Crippen molar-refractivity contribution < 1.29 is 17.6 Å². The molecule has 8 heteroatoms.